The molecule has 96 valence electrons. The molecule has 0 aliphatic carbocycles. The lowest BCUT2D eigenvalue weighted by molar-refractivity contribution is 0.613. The molecule has 0 bridgehead atoms. The molecule has 1 N–H and O–H groups in total. The van der Waals surface area contributed by atoms with Crippen molar-refractivity contribution in [3.8, 4) is 6.07 Å². The molecule has 0 saturated carbocycles. The van der Waals surface area contributed by atoms with Gasteiger partial charge >= 0.3 is 0 Å². The highest BCUT2D eigenvalue weighted by molar-refractivity contribution is 7.98. The van der Waals surface area contributed by atoms with Crippen LogP contribution in [0.4, 0.5) is 10.1 Å². The lowest BCUT2D eigenvalue weighted by Gasteiger charge is -2.11. The largest absolute Gasteiger partial charge is 0.380 e. The third kappa shape index (κ3) is 3.07. The Morgan fingerprint density at radius 1 is 1.21 bits per heavy atom. The summed E-state index contributed by atoms with van der Waals surface area (Å²) in [5.74, 6) is -0.241. The highest BCUT2D eigenvalue weighted by Crippen LogP contribution is 2.26. The van der Waals surface area contributed by atoms with Crippen molar-refractivity contribution in [1.29, 1.82) is 5.26 Å². The molecule has 0 heterocycles. The van der Waals surface area contributed by atoms with Gasteiger partial charge in [-0.2, -0.15) is 5.26 Å². The Kier molecular flexibility index (Phi) is 4.43. The monoisotopic (exact) mass is 272 g/mol. The van der Waals surface area contributed by atoms with E-state index in [4.69, 9.17) is 0 Å². The maximum absolute atomic E-state index is 13.5. The summed E-state index contributed by atoms with van der Waals surface area (Å²) in [7, 11) is 0. The van der Waals surface area contributed by atoms with Gasteiger partial charge in [0.05, 0.1) is 11.3 Å². The molecule has 2 nitrogen and oxygen atoms in total. The minimum absolute atomic E-state index is 0.241. The van der Waals surface area contributed by atoms with Crippen molar-refractivity contribution in [2.75, 3.05) is 11.6 Å². The fourth-order valence-electron chi connectivity index (χ4n) is 1.80. The predicted molar refractivity (Wildman–Crippen MR) is 76.7 cm³/mol. The van der Waals surface area contributed by atoms with E-state index in [1.165, 1.54) is 17.8 Å². The van der Waals surface area contributed by atoms with Gasteiger partial charge in [-0.05, 0) is 24.5 Å². The first-order valence-electron chi connectivity index (χ1n) is 5.80. The number of thioether (sulfide) groups is 1. The van der Waals surface area contributed by atoms with Gasteiger partial charge < -0.3 is 5.32 Å². The van der Waals surface area contributed by atoms with E-state index < -0.39 is 0 Å². The molecule has 2 rings (SSSR count). The maximum Gasteiger partial charge on any atom is 0.128 e. The van der Waals surface area contributed by atoms with E-state index in [1.807, 2.05) is 24.5 Å². The maximum atomic E-state index is 13.5. The number of benzene rings is 2. The molecule has 2 aromatic carbocycles. The normalized spacial score (nSPS) is 9.95. The van der Waals surface area contributed by atoms with Crippen molar-refractivity contribution in [3.05, 3.63) is 59.4 Å². The summed E-state index contributed by atoms with van der Waals surface area (Å²) in [5, 5.41) is 12.3. The highest BCUT2D eigenvalue weighted by Gasteiger charge is 2.07. The SMILES string of the molecule is CSc1cccc(NCc2ccccc2F)c1C#N. The molecule has 0 aliphatic rings. The number of anilines is 1. The van der Waals surface area contributed by atoms with Gasteiger partial charge in [-0.3, -0.25) is 0 Å². The zero-order valence-electron chi connectivity index (χ0n) is 10.5. The average molecular weight is 272 g/mol. The Morgan fingerprint density at radius 3 is 2.68 bits per heavy atom. The predicted octanol–water partition coefficient (Wildman–Crippen LogP) is 4.03. The number of halogens is 1. The summed E-state index contributed by atoms with van der Waals surface area (Å²) in [6, 6.07) is 14.4. The van der Waals surface area contributed by atoms with Crippen LogP contribution in [0.15, 0.2) is 47.4 Å². The van der Waals surface area contributed by atoms with Crippen molar-refractivity contribution in [1.82, 2.24) is 0 Å². The van der Waals surface area contributed by atoms with Gasteiger partial charge in [0.2, 0.25) is 0 Å². The second-order valence-corrected chi connectivity index (χ2v) is 4.79. The lowest BCUT2D eigenvalue weighted by atomic mass is 10.1. The van der Waals surface area contributed by atoms with Crippen LogP contribution in [-0.2, 0) is 6.54 Å². The quantitative estimate of drug-likeness (QED) is 0.853. The first-order valence-corrected chi connectivity index (χ1v) is 7.03. The second-order valence-electron chi connectivity index (χ2n) is 3.94. The third-order valence-electron chi connectivity index (χ3n) is 2.79. The highest BCUT2D eigenvalue weighted by atomic mass is 32.2. The molecular formula is C15H13FN2S. The molecule has 4 heteroatoms. The van der Waals surface area contributed by atoms with Crippen LogP contribution in [0.3, 0.4) is 0 Å². The van der Waals surface area contributed by atoms with Crippen LogP contribution in [0.1, 0.15) is 11.1 Å². The van der Waals surface area contributed by atoms with E-state index >= 15 is 0 Å². The van der Waals surface area contributed by atoms with E-state index in [9.17, 15) is 9.65 Å². The Morgan fingerprint density at radius 2 is 2.00 bits per heavy atom. The molecular weight excluding hydrogens is 259 g/mol. The molecule has 0 saturated heterocycles. The number of nitriles is 1. The summed E-state index contributed by atoms with van der Waals surface area (Å²) in [6.45, 7) is 0.360. The molecule has 0 aromatic heterocycles. The van der Waals surface area contributed by atoms with Gasteiger partial charge in [-0.25, -0.2) is 4.39 Å². The number of nitrogens with one attached hydrogen (secondary N) is 1. The Labute approximate surface area is 116 Å². The summed E-state index contributed by atoms with van der Waals surface area (Å²) in [5.41, 5.74) is 1.92. The lowest BCUT2D eigenvalue weighted by Crippen LogP contribution is -2.03. The topological polar surface area (TPSA) is 35.8 Å². The van der Waals surface area contributed by atoms with Crippen LogP contribution < -0.4 is 5.32 Å². The van der Waals surface area contributed by atoms with Crippen molar-refractivity contribution in [2.24, 2.45) is 0 Å². The van der Waals surface area contributed by atoms with Crippen molar-refractivity contribution in [2.45, 2.75) is 11.4 Å². The van der Waals surface area contributed by atoms with E-state index in [-0.39, 0.29) is 5.82 Å². The third-order valence-corrected chi connectivity index (χ3v) is 3.57. The van der Waals surface area contributed by atoms with Gasteiger partial charge in [0, 0.05) is 17.0 Å². The van der Waals surface area contributed by atoms with Gasteiger partial charge in [0.15, 0.2) is 0 Å². The van der Waals surface area contributed by atoms with Crippen molar-refractivity contribution < 1.29 is 4.39 Å². The van der Waals surface area contributed by atoms with E-state index in [2.05, 4.69) is 11.4 Å². The fourth-order valence-corrected chi connectivity index (χ4v) is 2.37. The Balaban J connectivity index is 2.21. The molecule has 0 unspecified atom stereocenters. The van der Waals surface area contributed by atoms with E-state index in [1.54, 1.807) is 18.2 Å². The van der Waals surface area contributed by atoms with Crippen LogP contribution >= 0.6 is 11.8 Å². The molecule has 0 radical (unpaired) electrons. The average Bonchev–Trinajstić information content (AvgIpc) is 2.45. The zero-order chi connectivity index (χ0) is 13.7. The number of hydrogen-bond acceptors (Lipinski definition) is 3. The minimum atomic E-state index is -0.241. The molecule has 0 fully saturated rings. The second kappa shape index (κ2) is 6.26. The van der Waals surface area contributed by atoms with Crippen LogP contribution in [0.2, 0.25) is 0 Å². The first-order chi connectivity index (χ1) is 9.26. The standard InChI is InChI=1S/C15H13FN2S/c1-19-15-8-4-7-14(12(15)9-17)18-10-11-5-2-3-6-13(11)16/h2-8,18H,10H2,1H3. The molecule has 0 spiro atoms. The van der Waals surface area contributed by atoms with Crippen LogP contribution in [-0.4, -0.2) is 6.26 Å². The minimum Gasteiger partial charge on any atom is -0.380 e. The van der Waals surface area contributed by atoms with Crippen LogP contribution in [0.25, 0.3) is 0 Å². The molecule has 2 aromatic rings. The van der Waals surface area contributed by atoms with E-state index in [0.29, 0.717) is 17.7 Å². The Hall–Kier alpha value is -1.99. The molecule has 0 amide bonds. The molecule has 19 heavy (non-hydrogen) atoms. The zero-order valence-corrected chi connectivity index (χ0v) is 11.3. The fraction of sp³-hybridized carbons (Fsp3) is 0.133. The van der Waals surface area contributed by atoms with Crippen LogP contribution in [0, 0.1) is 17.1 Å². The van der Waals surface area contributed by atoms with Gasteiger partial charge in [0.1, 0.15) is 11.9 Å². The first kappa shape index (κ1) is 13.4. The summed E-state index contributed by atoms with van der Waals surface area (Å²) >= 11 is 1.52. The van der Waals surface area contributed by atoms with Gasteiger partial charge in [0.25, 0.3) is 0 Å². The molecule has 0 atom stereocenters. The van der Waals surface area contributed by atoms with Crippen LogP contribution in [0.5, 0.6) is 0 Å². The number of rotatable bonds is 4. The van der Waals surface area contributed by atoms with Crippen molar-refractivity contribution >= 4 is 17.4 Å². The van der Waals surface area contributed by atoms with Crippen molar-refractivity contribution in [3.63, 3.8) is 0 Å². The summed E-state index contributed by atoms with van der Waals surface area (Å²) in [4.78, 5) is 0.918. The van der Waals surface area contributed by atoms with Gasteiger partial charge in [-0.1, -0.05) is 24.3 Å². The van der Waals surface area contributed by atoms with Gasteiger partial charge in [-0.15, -0.1) is 11.8 Å². The number of nitrogens with zero attached hydrogens (tertiary/aromatic N) is 1. The summed E-state index contributed by atoms with van der Waals surface area (Å²) < 4.78 is 13.5. The summed E-state index contributed by atoms with van der Waals surface area (Å²) in [6.07, 6.45) is 1.93. The number of hydrogen-bond donors (Lipinski definition) is 1. The molecule has 0 aliphatic heterocycles. The Bertz CT molecular complexity index is 620. The van der Waals surface area contributed by atoms with E-state index in [0.717, 1.165) is 10.6 Å². The smallest absolute Gasteiger partial charge is 0.128 e.